The van der Waals surface area contributed by atoms with E-state index in [0.29, 0.717) is 22.2 Å². The first-order chi connectivity index (χ1) is 20.8. The molecule has 0 amide bonds. The molecule has 0 bridgehead atoms. The maximum Gasteiger partial charge on any atom is 0.312 e. The highest BCUT2D eigenvalue weighted by Gasteiger charge is 2.22. The fourth-order valence-corrected chi connectivity index (χ4v) is 4.38. The fraction of sp³-hybridized carbons (Fsp3) is 0.0345. The third kappa shape index (κ3) is 4.99. The number of methoxy groups -OCH3 is 1. The molecule has 212 valence electrons. The normalized spacial score (nSPS) is 11.3. The SMILES string of the molecule is COc1cccc2oc(-c3nc4ccccc4c(=O)n3N=Cc3cccc([N+](=O)[O-])c3Oc3ccc([N+](=O)[O-])cn3)cc12. The Balaban J connectivity index is 1.50. The minimum Gasteiger partial charge on any atom is -0.496 e. The van der Waals surface area contributed by atoms with E-state index in [2.05, 4.69) is 15.1 Å². The Hall–Kier alpha value is -6.44. The van der Waals surface area contributed by atoms with E-state index in [1.165, 1.54) is 37.6 Å². The summed E-state index contributed by atoms with van der Waals surface area (Å²) in [4.78, 5) is 43.7. The summed E-state index contributed by atoms with van der Waals surface area (Å²) in [6.45, 7) is 0. The van der Waals surface area contributed by atoms with Gasteiger partial charge in [-0.05, 0) is 36.4 Å². The molecule has 0 saturated carbocycles. The number of rotatable bonds is 8. The number of pyridine rings is 1. The molecule has 3 aromatic heterocycles. The number of nitro groups is 2. The molecule has 0 saturated heterocycles. The van der Waals surface area contributed by atoms with Gasteiger partial charge in [-0.25, -0.2) is 9.97 Å². The van der Waals surface area contributed by atoms with E-state index in [9.17, 15) is 25.0 Å². The number of benzene rings is 3. The fourth-order valence-electron chi connectivity index (χ4n) is 4.38. The lowest BCUT2D eigenvalue weighted by Gasteiger charge is -2.09. The van der Waals surface area contributed by atoms with Crippen LogP contribution < -0.4 is 15.0 Å². The molecule has 0 unspecified atom stereocenters. The van der Waals surface area contributed by atoms with E-state index >= 15 is 0 Å². The zero-order valence-electron chi connectivity index (χ0n) is 22.1. The van der Waals surface area contributed by atoms with Gasteiger partial charge in [0.15, 0.2) is 5.76 Å². The van der Waals surface area contributed by atoms with Crippen LogP contribution in [0.15, 0.2) is 99.4 Å². The molecule has 14 heteroatoms. The van der Waals surface area contributed by atoms with Gasteiger partial charge >= 0.3 is 5.69 Å². The molecule has 0 radical (unpaired) electrons. The highest BCUT2D eigenvalue weighted by molar-refractivity contribution is 5.89. The van der Waals surface area contributed by atoms with Gasteiger partial charge in [-0.1, -0.05) is 24.3 Å². The molecule has 0 spiro atoms. The molecule has 6 rings (SSSR count). The molecular weight excluding hydrogens is 560 g/mol. The van der Waals surface area contributed by atoms with E-state index in [0.717, 1.165) is 16.9 Å². The maximum atomic E-state index is 13.7. The molecule has 3 aromatic carbocycles. The number of aromatic nitrogens is 3. The van der Waals surface area contributed by atoms with Crippen LogP contribution in [0.5, 0.6) is 17.4 Å². The van der Waals surface area contributed by atoms with Crippen LogP contribution in [-0.4, -0.2) is 37.8 Å². The van der Waals surface area contributed by atoms with Crippen molar-refractivity contribution in [2.75, 3.05) is 7.11 Å². The number of ether oxygens (including phenoxy) is 2. The summed E-state index contributed by atoms with van der Waals surface area (Å²) in [5, 5.41) is 28.1. The van der Waals surface area contributed by atoms with Crippen molar-refractivity contribution >= 4 is 39.5 Å². The van der Waals surface area contributed by atoms with Gasteiger partial charge in [-0.2, -0.15) is 9.78 Å². The Morgan fingerprint density at radius 1 is 0.953 bits per heavy atom. The van der Waals surface area contributed by atoms with Crippen LogP contribution in [0, 0.1) is 20.2 Å². The first-order valence-electron chi connectivity index (χ1n) is 12.5. The highest BCUT2D eigenvalue weighted by Crippen LogP contribution is 2.35. The summed E-state index contributed by atoms with van der Waals surface area (Å²) in [5.74, 6) is 0.489. The Labute approximate surface area is 240 Å². The van der Waals surface area contributed by atoms with Crippen LogP contribution in [-0.2, 0) is 0 Å². The van der Waals surface area contributed by atoms with Crippen LogP contribution >= 0.6 is 0 Å². The van der Waals surface area contributed by atoms with Crippen molar-refractivity contribution in [3.05, 3.63) is 121 Å². The van der Waals surface area contributed by atoms with Crippen molar-refractivity contribution in [1.82, 2.24) is 14.6 Å². The van der Waals surface area contributed by atoms with Crippen molar-refractivity contribution in [2.45, 2.75) is 0 Å². The standard InChI is InChI=1S/C29H18N6O8/c1-41-23-10-5-11-24-20(23)14-25(42-24)28-32-21-8-3-2-7-19(21)29(36)33(28)31-15-17-6-4-9-22(35(39)40)27(17)43-26-13-12-18(16-30-26)34(37)38/h2-16H,1H3. The number of hydrogen-bond acceptors (Lipinski definition) is 11. The summed E-state index contributed by atoms with van der Waals surface area (Å²) in [6, 6.07) is 20.2. The minimum absolute atomic E-state index is 0.0723. The van der Waals surface area contributed by atoms with Gasteiger partial charge in [0.1, 0.15) is 17.5 Å². The summed E-state index contributed by atoms with van der Waals surface area (Å²) in [6.07, 6.45) is 2.17. The summed E-state index contributed by atoms with van der Waals surface area (Å²) in [7, 11) is 1.53. The first kappa shape index (κ1) is 26.8. The quantitative estimate of drug-likeness (QED) is 0.123. The lowest BCUT2D eigenvalue weighted by molar-refractivity contribution is -0.385. The number of nitro benzene ring substituents is 1. The van der Waals surface area contributed by atoms with Crippen molar-refractivity contribution in [2.24, 2.45) is 5.10 Å². The van der Waals surface area contributed by atoms with Crippen LogP contribution in [0.4, 0.5) is 11.4 Å². The molecule has 14 nitrogen and oxygen atoms in total. The van der Waals surface area contributed by atoms with Gasteiger partial charge in [-0.15, -0.1) is 0 Å². The van der Waals surface area contributed by atoms with E-state index in [4.69, 9.17) is 13.9 Å². The second-order valence-electron chi connectivity index (χ2n) is 8.96. The smallest absolute Gasteiger partial charge is 0.312 e. The van der Waals surface area contributed by atoms with Crippen LogP contribution in [0.2, 0.25) is 0 Å². The zero-order chi connectivity index (χ0) is 30.1. The monoisotopic (exact) mass is 578 g/mol. The maximum absolute atomic E-state index is 13.7. The lowest BCUT2D eigenvalue weighted by Crippen LogP contribution is -2.20. The lowest BCUT2D eigenvalue weighted by atomic mass is 10.2. The number of hydrogen-bond donors (Lipinski definition) is 0. The number of fused-ring (bicyclic) bond motifs is 2. The van der Waals surface area contributed by atoms with Gasteiger partial charge in [0, 0.05) is 23.8 Å². The molecule has 43 heavy (non-hydrogen) atoms. The first-order valence-corrected chi connectivity index (χ1v) is 12.5. The van der Waals surface area contributed by atoms with Crippen molar-refractivity contribution < 1.29 is 23.7 Å². The van der Waals surface area contributed by atoms with Crippen molar-refractivity contribution in [1.29, 1.82) is 0 Å². The summed E-state index contributed by atoms with van der Waals surface area (Å²) < 4.78 is 18.2. The van der Waals surface area contributed by atoms with E-state index in [-0.39, 0.29) is 39.9 Å². The number of furan rings is 1. The molecule has 0 fully saturated rings. The van der Waals surface area contributed by atoms with Crippen LogP contribution in [0.3, 0.4) is 0 Å². The van der Waals surface area contributed by atoms with Crippen LogP contribution in [0.1, 0.15) is 5.56 Å². The molecule has 0 aliphatic heterocycles. The second-order valence-corrected chi connectivity index (χ2v) is 8.96. The Kier molecular flexibility index (Phi) is 6.76. The van der Waals surface area contributed by atoms with E-state index < -0.39 is 21.1 Å². The highest BCUT2D eigenvalue weighted by atomic mass is 16.6. The molecule has 0 N–H and O–H groups in total. The van der Waals surface area contributed by atoms with Gasteiger partial charge in [0.2, 0.25) is 17.5 Å². The average Bonchev–Trinajstić information content (AvgIpc) is 3.46. The summed E-state index contributed by atoms with van der Waals surface area (Å²) in [5.41, 5.74) is -0.198. The largest absolute Gasteiger partial charge is 0.496 e. The second kappa shape index (κ2) is 10.9. The van der Waals surface area contributed by atoms with Gasteiger partial charge in [0.05, 0.1) is 39.5 Å². The van der Waals surface area contributed by atoms with E-state index in [1.807, 2.05) is 0 Å². The average molecular weight is 578 g/mol. The van der Waals surface area contributed by atoms with Crippen LogP contribution in [0.25, 0.3) is 33.5 Å². The van der Waals surface area contributed by atoms with Crippen molar-refractivity contribution in [3.8, 4) is 29.0 Å². The predicted octanol–water partition coefficient (Wildman–Crippen LogP) is 5.70. The molecule has 0 atom stereocenters. The molecular formula is C29H18N6O8. The third-order valence-electron chi connectivity index (χ3n) is 6.39. The Bertz CT molecular complexity index is 2140. The van der Waals surface area contributed by atoms with Gasteiger partial charge < -0.3 is 13.9 Å². The number of para-hydroxylation sites is 2. The molecule has 6 aromatic rings. The summed E-state index contributed by atoms with van der Waals surface area (Å²) >= 11 is 0. The molecule has 0 aliphatic carbocycles. The Morgan fingerprint density at radius 2 is 1.77 bits per heavy atom. The van der Waals surface area contributed by atoms with Crippen molar-refractivity contribution in [3.63, 3.8) is 0 Å². The zero-order valence-corrected chi connectivity index (χ0v) is 22.1. The third-order valence-corrected chi connectivity index (χ3v) is 6.39. The van der Waals surface area contributed by atoms with E-state index in [1.54, 1.807) is 48.5 Å². The topological polar surface area (TPSA) is 178 Å². The van der Waals surface area contributed by atoms with Gasteiger partial charge in [0.25, 0.3) is 11.2 Å². The number of nitrogens with zero attached hydrogens (tertiary/aromatic N) is 6. The minimum atomic E-state index is -0.658. The predicted molar refractivity (Wildman–Crippen MR) is 155 cm³/mol. The molecule has 3 heterocycles. The van der Waals surface area contributed by atoms with Gasteiger partial charge in [-0.3, -0.25) is 25.0 Å². The molecule has 0 aliphatic rings. The Morgan fingerprint density at radius 3 is 2.51 bits per heavy atom.